The average molecular weight is 393 g/mol. The smallest absolute Gasteiger partial charge is 0.167 e. The molecule has 0 saturated carbocycles. The van der Waals surface area contributed by atoms with Gasteiger partial charge in [0.1, 0.15) is 5.82 Å². The molecule has 2 nitrogen and oxygen atoms in total. The summed E-state index contributed by atoms with van der Waals surface area (Å²) >= 11 is 9.18. The molecule has 0 aliphatic rings. The second-order valence-corrected chi connectivity index (χ2v) is 6.68. The van der Waals surface area contributed by atoms with Crippen molar-refractivity contribution in [1.82, 2.24) is 4.98 Å². The maximum Gasteiger partial charge on any atom is 0.167 e. The number of nitrogens with zero attached hydrogens (tertiary/aromatic N) is 1. The molecule has 0 spiro atoms. The summed E-state index contributed by atoms with van der Waals surface area (Å²) in [7, 11) is 0. The minimum atomic E-state index is -0.512. The quantitative estimate of drug-likeness (QED) is 0.549. The molecule has 0 aliphatic heterocycles. The Kier molecular flexibility index (Phi) is 4.46. The molecule has 0 radical (unpaired) electrons. The van der Waals surface area contributed by atoms with E-state index in [1.165, 1.54) is 12.1 Å². The highest BCUT2D eigenvalue weighted by Gasteiger charge is 2.13. The van der Waals surface area contributed by atoms with Crippen molar-refractivity contribution in [2.24, 2.45) is 0 Å². The zero-order chi connectivity index (χ0) is 16.6. The van der Waals surface area contributed by atoms with E-state index >= 15 is 0 Å². The predicted molar refractivity (Wildman–Crippen MR) is 93.6 cm³/mol. The van der Waals surface area contributed by atoms with Crippen molar-refractivity contribution < 1.29 is 9.18 Å². The van der Waals surface area contributed by atoms with Gasteiger partial charge in [-0.2, -0.15) is 0 Å². The van der Waals surface area contributed by atoms with E-state index in [1.54, 1.807) is 13.1 Å². The highest BCUT2D eigenvalue weighted by molar-refractivity contribution is 9.10. The highest BCUT2D eigenvalue weighted by atomic mass is 79.9. The fraction of sp³-hybridized carbons (Fsp3) is 0.111. The summed E-state index contributed by atoms with van der Waals surface area (Å²) in [4.78, 5) is 16.8. The Balaban J connectivity index is 1.92. The number of aryl methyl sites for hydroxylation is 1. The normalized spacial score (nSPS) is 11.0. The van der Waals surface area contributed by atoms with Crippen LogP contribution in [0.1, 0.15) is 21.5 Å². The first-order valence-corrected chi connectivity index (χ1v) is 8.14. The third kappa shape index (κ3) is 3.43. The molecular formula is C18H12BrClFNO. The van der Waals surface area contributed by atoms with Gasteiger partial charge in [-0.15, -0.1) is 0 Å². The summed E-state index contributed by atoms with van der Waals surface area (Å²) in [5.74, 6) is -0.603. The van der Waals surface area contributed by atoms with Crippen molar-refractivity contribution in [2.45, 2.75) is 13.3 Å². The van der Waals surface area contributed by atoms with Gasteiger partial charge in [0.15, 0.2) is 5.78 Å². The van der Waals surface area contributed by atoms with E-state index in [2.05, 4.69) is 20.9 Å². The lowest BCUT2D eigenvalue weighted by Gasteiger charge is -2.08. The molecule has 0 unspecified atom stereocenters. The first kappa shape index (κ1) is 16.1. The SMILES string of the molecule is Cc1cc(F)c(Cl)cc1C(=O)Cc1ccc2ncc(Br)cc2c1. The Bertz CT molecular complexity index is 926. The van der Waals surface area contributed by atoms with Crippen molar-refractivity contribution in [1.29, 1.82) is 0 Å². The molecule has 1 aromatic heterocycles. The van der Waals surface area contributed by atoms with Gasteiger partial charge in [-0.25, -0.2) is 4.39 Å². The van der Waals surface area contributed by atoms with Gasteiger partial charge < -0.3 is 0 Å². The van der Waals surface area contributed by atoms with Crippen molar-refractivity contribution >= 4 is 44.2 Å². The van der Waals surface area contributed by atoms with Gasteiger partial charge in [0.25, 0.3) is 0 Å². The van der Waals surface area contributed by atoms with Crippen LogP contribution in [0.15, 0.2) is 47.1 Å². The lowest BCUT2D eigenvalue weighted by molar-refractivity contribution is 0.0992. The predicted octanol–water partition coefficient (Wildman–Crippen LogP) is 5.52. The topological polar surface area (TPSA) is 30.0 Å². The number of ketones is 1. The average Bonchev–Trinajstić information content (AvgIpc) is 2.50. The largest absolute Gasteiger partial charge is 0.294 e. The van der Waals surface area contributed by atoms with Gasteiger partial charge in [0, 0.05) is 28.0 Å². The second kappa shape index (κ2) is 6.38. The fourth-order valence-electron chi connectivity index (χ4n) is 2.49. The number of carbonyl (C=O) groups excluding carboxylic acids is 1. The molecule has 0 N–H and O–H groups in total. The Morgan fingerprint density at radius 2 is 2.04 bits per heavy atom. The number of halogens is 3. The van der Waals surface area contributed by atoms with Crippen LogP contribution in [0.5, 0.6) is 0 Å². The number of Topliss-reactive ketones (excluding diaryl/α,β-unsaturated/α-hetero) is 1. The lowest BCUT2D eigenvalue weighted by Crippen LogP contribution is -2.06. The molecule has 3 rings (SSSR count). The first-order chi connectivity index (χ1) is 10.9. The van der Waals surface area contributed by atoms with Crippen LogP contribution in [0, 0.1) is 12.7 Å². The van der Waals surface area contributed by atoms with Gasteiger partial charge in [-0.1, -0.05) is 17.7 Å². The third-order valence-corrected chi connectivity index (χ3v) is 4.37. The lowest BCUT2D eigenvalue weighted by atomic mass is 9.98. The molecule has 2 aromatic carbocycles. The van der Waals surface area contributed by atoms with Gasteiger partial charge >= 0.3 is 0 Å². The first-order valence-electron chi connectivity index (χ1n) is 6.97. The molecule has 5 heteroatoms. The molecule has 0 saturated heterocycles. The maximum atomic E-state index is 13.4. The molecule has 0 aliphatic carbocycles. The monoisotopic (exact) mass is 391 g/mol. The molecule has 0 amide bonds. The summed E-state index contributed by atoms with van der Waals surface area (Å²) in [5.41, 5.74) is 2.78. The molecule has 116 valence electrons. The summed E-state index contributed by atoms with van der Waals surface area (Å²) < 4.78 is 14.3. The maximum absolute atomic E-state index is 13.4. The second-order valence-electron chi connectivity index (χ2n) is 5.36. The number of pyridine rings is 1. The summed E-state index contributed by atoms with van der Waals surface area (Å²) in [6, 6.07) is 10.3. The van der Waals surface area contributed by atoms with Gasteiger partial charge in [-0.05, 0) is 64.3 Å². The minimum Gasteiger partial charge on any atom is -0.294 e. The number of fused-ring (bicyclic) bond motifs is 1. The van der Waals surface area contributed by atoms with Crippen LogP contribution in [0.2, 0.25) is 5.02 Å². The molecular weight excluding hydrogens is 381 g/mol. The number of aromatic nitrogens is 1. The fourth-order valence-corrected chi connectivity index (χ4v) is 3.00. The highest BCUT2D eigenvalue weighted by Crippen LogP contribution is 2.23. The number of hydrogen-bond donors (Lipinski definition) is 0. The standard InChI is InChI=1S/C18H12BrClFNO/c1-10-4-16(21)15(20)8-14(10)18(23)6-11-2-3-17-12(5-11)7-13(19)9-22-17/h2-5,7-9H,6H2,1H3. The van der Waals surface area contributed by atoms with Gasteiger partial charge in [0.05, 0.1) is 10.5 Å². The van der Waals surface area contributed by atoms with Gasteiger partial charge in [0.2, 0.25) is 0 Å². The number of benzene rings is 2. The van der Waals surface area contributed by atoms with Crippen LogP contribution in [-0.2, 0) is 6.42 Å². The van der Waals surface area contributed by atoms with E-state index in [4.69, 9.17) is 11.6 Å². The van der Waals surface area contributed by atoms with Crippen molar-refractivity contribution in [3.8, 4) is 0 Å². The Labute approximate surface area is 146 Å². The summed E-state index contributed by atoms with van der Waals surface area (Å²) in [6.45, 7) is 1.70. The number of rotatable bonds is 3. The molecule has 0 bridgehead atoms. The van der Waals surface area contributed by atoms with Crippen molar-refractivity contribution in [2.75, 3.05) is 0 Å². The van der Waals surface area contributed by atoms with E-state index in [0.29, 0.717) is 11.1 Å². The molecule has 0 fully saturated rings. The molecule has 0 atom stereocenters. The van der Waals surface area contributed by atoms with E-state index < -0.39 is 5.82 Å². The van der Waals surface area contributed by atoms with Crippen molar-refractivity contribution in [3.63, 3.8) is 0 Å². The Morgan fingerprint density at radius 1 is 1.26 bits per heavy atom. The molecule has 23 heavy (non-hydrogen) atoms. The van der Waals surface area contributed by atoms with Crippen LogP contribution in [0.3, 0.4) is 0 Å². The van der Waals surface area contributed by atoms with E-state index in [0.717, 1.165) is 20.9 Å². The summed E-state index contributed by atoms with van der Waals surface area (Å²) in [6.07, 6.45) is 1.96. The van der Waals surface area contributed by atoms with Gasteiger partial charge in [-0.3, -0.25) is 9.78 Å². The molecule has 3 aromatic rings. The van der Waals surface area contributed by atoms with Crippen LogP contribution < -0.4 is 0 Å². The van der Waals surface area contributed by atoms with Crippen LogP contribution in [0.4, 0.5) is 4.39 Å². The Morgan fingerprint density at radius 3 is 2.83 bits per heavy atom. The van der Waals surface area contributed by atoms with Crippen LogP contribution in [-0.4, -0.2) is 10.8 Å². The van der Waals surface area contributed by atoms with E-state index in [9.17, 15) is 9.18 Å². The third-order valence-electron chi connectivity index (χ3n) is 3.64. The number of carbonyl (C=O) groups is 1. The van der Waals surface area contributed by atoms with Crippen molar-refractivity contribution in [3.05, 3.63) is 74.6 Å². The van der Waals surface area contributed by atoms with E-state index in [1.807, 2.05) is 24.3 Å². The number of hydrogen-bond acceptors (Lipinski definition) is 2. The zero-order valence-electron chi connectivity index (χ0n) is 12.2. The van der Waals surface area contributed by atoms with Crippen LogP contribution >= 0.6 is 27.5 Å². The van der Waals surface area contributed by atoms with E-state index in [-0.39, 0.29) is 17.2 Å². The summed E-state index contributed by atoms with van der Waals surface area (Å²) in [5, 5.41) is 0.920. The minimum absolute atomic E-state index is 0.0365. The van der Waals surface area contributed by atoms with Crippen LogP contribution in [0.25, 0.3) is 10.9 Å². The molecule has 1 heterocycles. The Hall–Kier alpha value is -1.78. The zero-order valence-corrected chi connectivity index (χ0v) is 14.6.